The Labute approximate surface area is 328 Å². The lowest BCUT2D eigenvalue weighted by molar-refractivity contribution is -0.880. The van der Waals surface area contributed by atoms with E-state index in [0.29, 0.717) is 19.8 Å². The lowest BCUT2D eigenvalue weighted by Crippen LogP contribution is -3.06. The minimum Gasteiger partial charge on any atom is -0.493 e. The number of rotatable bonds is 21. The standard InChI is InChI=1S/C46H69N4O4/c1-47(2)38-51-32-12-16-39-17-19-40(20-18-39)21-25-42-36-46(54-35-15-31-50(9,10)11)43(37-45(42)53-34-14-30-49(6,7)8)26-22-41-23-27-44(28-24-41)52-33-13-29-48(3,4)5/h17-20,23-24,27-28,36-37H,12-16,29-35,38H2,1-11H3/q+3/p+1. The smallest absolute Gasteiger partial charge is 0.181 e. The minimum absolute atomic E-state index is 0.587. The third-order valence-corrected chi connectivity index (χ3v) is 8.42. The van der Waals surface area contributed by atoms with Gasteiger partial charge in [-0.2, -0.15) is 0 Å². The van der Waals surface area contributed by atoms with Crippen LogP contribution in [0, 0.1) is 23.7 Å². The Balaban J connectivity index is 1.87. The molecule has 8 nitrogen and oxygen atoms in total. The summed E-state index contributed by atoms with van der Waals surface area (Å²) in [6.45, 7) is 6.45. The van der Waals surface area contributed by atoms with E-state index in [1.165, 1.54) is 10.5 Å². The molecule has 3 aromatic rings. The maximum atomic E-state index is 6.45. The molecule has 294 valence electrons. The van der Waals surface area contributed by atoms with Gasteiger partial charge in [-0.1, -0.05) is 35.8 Å². The SMILES string of the molecule is C[NH+](C)COCCCc1ccc(C#Cc2cc(OCCC[N+](C)(C)C)c(C#Cc3ccc(OCCC[N+](C)(C)C)cc3)cc2OCCC[N+](C)(C)C)cc1. The molecule has 0 radical (unpaired) electrons. The Bertz CT molecular complexity index is 1670. The van der Waals surface area contributed by atoms with Gasteiger partial charge in [0.15, 0.2) is 6.73 Å². The van der Waals surface area contributed by atoms with Gasteiger partial charge >= 0.3 is 0 Å². The largest absolute Gasteiger partial charge is 0.493 e. The Hall–Kier alpha value is -4.02. The summed E-state index contributed by atoms with van der Waals surface area (Å²) in [5, 5.41) is 0. The second-order valence-electron chi connectivity index (χ2n) is 17.6. The summed E-state index contributed by atoms with van der Waals surface area (Å²) in [6, 6.07) is 20.5. The van der Waals surface area contributed by atoms with Crippen molar-refractivity contribution in [2.24, 2.45) is 0 Å². The quantitative estimate of drug-likeness (QED) is 0.0726. The van der Waals surface area contributed by atoms with Crippen molar-refractivity contribution in [2.75, 3.05) is 130 Å². The molecular weight excluding hydrogens is 673 g/mol. The second-order valence-corrected chi connectivity index (χ2v) is 17.6. The summed E-state index contributed by atoms with van der Waals surface area (Å²) in [5.74, 6) is 15.9. The van der Waals surface area contributed by atoms with Gasteiger partial charge in [0.2, 0.25) is 0 Å². The van der Waals surface area contributed by atoms with Crippen molar-refractivity contribution >= 4 is 0 Å². The van der Waals surface area contributed by atoms with Crippen molar-refractivity contribution in [3.8, 4) is 40.9 Å². The van der Waals surface area contributed by atoms with Crippen LogP contribution in [-0.4, -0.2) is 144 Å². The molecule has 0 bridgehead atoms. The van der Waals surface area contributed by atoms with Crippen LogP contribution in [0.3, 0.4) is 0 Å². The normalized spacial score (nSPS) is 11.8. The number of hydrogen-bond acceptors (Lipinski definition) is 4. The average molecular weight is 743 g/mol. The number of quaternary nitrogens is 4. The van der Waals surface area contributed by atoms with Gasteiger partial charge < -0.3 is 37.3 Å². The first-order valence-electron chi connectivity index (χ1n) is 19.5. The number of ether oxygens (including phenoxy) is 4. The van der Waals surface area contributed by atoms with E-state index in [2.05, 4.69) is 125 Å². The molecule has 8 heteroatoms. The van der Waals surface area contributed by atoms with E-state index in [9.17, 15) is 0 Å². The molecular formula is C46H70N4O4+4. The van der Waals surface area contributed by atoms with Gasteiger partial charge in [-0.3, -0.25) is 0 Å². The molecule has 0 heterocycles. The first kappa shape index (κ1) is 44.4. The van der Waals surface area contributed by atoms with Crippen LogP contribution in [0.2, 0.25) is 0 Å². The zero-order valence-electron chi connectivity index (χ0n) is 35.4. The molecule has 1 N–H and O–H groups in total. The van der Waals surface area contributed by atoms with Crippen LogP contribution in [-0.2, 0) is 11.2 Å². The lowest BCUT2D eigenvalue weighted by atomic mass is 10.1. The lowest BCUT2D eigenvalue weighted by Gasteiger charge is -2.24. The third-order valence-electron chi connectivity index (χ3n) is 8.42. The fourth-order valence-corrected chi connectivity index (χ4v) is 5.49. The van der Waals surface area contributed by atoms with Crippen LogP contribution in [0.4, 0.5) is 0 Å². The van der Waals surface area contributed by atoms with Crippen molar-refractivity contribution < 1.29 is 37.3 Å². The highest BCUT2D eigenvalue weighted by Gasteiger charge is 2.14. The fourth-order valence-electron chi connectivity index (χ4n) is 5.49. The molecule has 0 aliphatic heterocycles. The fraction of sp³-hybridized carbons (Fsp3) is 0.522. The van der Waals surface area contributed by atoms with Gasteiger partial charge in [-0.15, -0.1) is 0 Å². The molecule has 0 saturated carbocycles. The predicted octanol–water partition coefficient (Wildman–Crippen LogP) is 4.96. The predicted molar refractivity (Wildman–Crippen MR) is 222 cm³/mol. The molecule has 0 aliphatic rings. The van der Waals surface area contributed by atoms with Gasteiger partial charge in [0.05, 0.1) is 135 Å². The maximum absolute atomic E-state index is 6.45. The molecule has 0 amide bonds. The molecule has 3 rings (SSSR count). The van der Waals surface area contributed by atoms with Crippen LogP contribution < -0.4 is 19.1 Å². The summed E-state index contributed by atoms with van der Waals surface area (Å²) in [5.41, 5.74) is 4.73. The Morgan fingerprint density at radius 1 is 0.500 bits per heavy atom. The monoisotopic (exact) mass is 743 g/mol. The molecule has 0 aliphatic carbocycles. The minimum atomic E-state index is 0.587. The average Bonchev–Trinajstić information content (AvgIpc) is 3.08. The first-order valence-corrected chi connectivity index (χ1v) is 19.5. The highest BCUT2D eigenvalue weighted by atomic mass is 16.5. The van der Waals surface area contributed by atoms with Crippen molar-refractivity contribution in [1.29, 1.82) is 0 Å². The van der Waals surface area contributed by atoms with Crippen LogP contribution >= 0.6 is 0 Å². The van der Waals surface area contributed by atoms with E-state index < -0.39 is 0 Å². The molecule has 0 unspecified atom stereocenters. The first-order chi connectivity index (χ1) is 25.5. The zero-order chi connectivity index (χ0) is 39.6. The number of benzene rings is 3. The third kappa shape index (κ3) is 19.3. The van der Waals surface area contributed by atoms with Crippen molar-refractivity contribution in [3.05, 3.63) is 88.5 Å². The van der Waals surface area contributed by atoms with Crippen LogP contribution in [0.5, 0.6) is 17.2 Å². The summed E-state index contributed by atoms with van der Waals surface area (Å²) < 4.78 is 27.3. The molecule has 0 aromatic heterocycles. The van der Waals surface area contributed by atoms with E-state index >= 15 is 0 Å². The van der Waals surface area contributed by atoms with Crippen LogP contribution in [0.1, 0.15) is 53.5 Å². The molecule has 0 saturated heterocycles. The van der Waals surface area contributed by atoms with Crippen LogP contribution in [0.25, 0.3) is 0 Å². The van der Waals surface area contributed by atoms with Crippen molar-refractivity contribution in [1.82, 2.24) is 0 Å². The Morgan fingerprint density at radius 2 is 0.926 bits per heavy atom. The molecule has 3 aromatic carbocycles. The summed E-state index contributed by atoms with van der Waals surface area (Å²) in [6.07, 6.45) is 4.83. The van der Waals surface area contributed by atoms with E-state index in [1.54, 1.807) is 0 Å². The molecule has 0 spiro atoms. The molecule has 0 atom stereocenters. The summed E-state index contributed by atoms with van der Waals surface area (Å²) in [7, 11) is 24.0. The molecule has 54 heavy (non-hydrogen) atoms. The van der Waals surface area contributed by atoms with Gasteiger partial charge in [0.1, 0.15) is 17.2 Å². The highest BCUT2D eigenvalue weighted by Crippen LogP contribution is 2.29. The number of nitrogens with zero attached hydrogens (tertiary/aromatic N) is 3. The van der Waals surface area contributed by atoms with Gasteiger partial charge in [0.25, 0.3) is 0 Å². The van der Waals surface area contributed by atoms with E-state index in [0.717, 1.165) is 118 Å². The van der Waals surface area contributed by atoms with E-state index in [-0.39, 0.29) is 0 Å². The Morgan fingerprint density at radius 3 is 1.35 bits per heavy atom. The molecule has 0 fully saturated rings. The number of hydrogen-bond donors (Lipinski definition) is 1. The topological polar surface area (TPSA) is 41.4 Å². The number of aryl methyl sites for hydroxylation is 1. The zero-order valence-corrected chi connectivity index (χ0v) is 35.4. The summed E-state index contributed by atoms with van der Waals surface area (Å²) >= 11 is 0. The van der Waals surface area contributed by atoms with Crippen molar-refractivity contribution in [2.45, 2.75) is 32.1 Å². The van der Waals surface area contributed by atoms with Gasteiger partial charge in [-0.05, 0) is 54.8 Å². The van der Waals surface area contributed by atoms with E-state index in [1.807, 2.05) is 36.4 Å². The second kappa shape index (κ2) is 21.8. The summed E-state index contributed by atoms with van der Waals surface area (Å²) in [4.78, 5) is 1.30. The Kier molecular flexibility index (Phi) is 17.9. The maximum Gasteiger partial charge on any atom is 0.181 e. The van der Waals surface area contributed by atoms with Crippen LogP contribution in [0.15, 0.2) is 60.7 Å². The van der Waals surface area contributed by atoms with Crippen molar-refractivity contribution in [3.63, 3.8) is 0 Å². The van der Waals surface area contributed by atoms with E-state index in [4.69, 9.17) is 18.9 Å². The number of nitrogens with one attached hydrogen (secondary N) is 1. The highest BCUT2D eigenvalue weighted by molar-refractivity contribution is 5.60. The van der Waals surface area contributed by atoms with Gasteiger partial charge in [-0.25, -0.2) is 0 Å². The van der Waals surface area contributed by atoms with Gasteiger partial charge in [0, 0.05) is 42.5 Å².